The number of hydrogen-bond acceptors (Lipinski definition) is 5. The molecule has 1 aliphatic carbocycles. The third-order valence-electron chi connectivity index (χ3n) is 7.23. The quantitative estimate of drug-likeness (QED) is 0.528. The third-order valence-corrected chi connectivity index (χ3v) is 7.92. The second-order valence-corrected chi connectivity index (χ2v) is 11.1. The molecule has 206 valence electrons. The number of halogens is 4. The second kappa shape index (κ2) is 10.7. The van der Waals surface area contributed by atoms with Gasteiger partial charge in [0.25, 0.3) is 11.5 Å². The standard InChI is InChI=1S/C26H31BrF3N5O3/c1-13(2)32-25-33-21-12-34(23(37)16-6-8-20(27)19(11-16)26(28,29)30)14(3)9-18(21)24(38)35(25)17-7-5-15(10-17)22(36)31-4/h6,8,11,13-15,17H,5,7,9-10,12H2,1-4H3,(H,31,36)(H,32,33)/t14-,15+,17+/m1/s1. The van der Waals surface area contributed by atoms with Crippen LogP contribution in [0.1, 0.15) is 73.3 Å². The van der Waals surface area contributed by atoms with Crippen LogP contribution in [0.2, 0.25) is 0 Å². The number of hydrogen-bond donors (Lipinski definition) is 2. The van der Waals surface area contributed by atoms with Crippen LogP contribution in [0.5, 0.6) is 0 Å². The summed E-state index contributed by atoms with van der Waals surface area (Å²) in [6.45, 7) is 5.61. The fraction of sp³-hybridized carbons (Fsp3) is 0.538. The molecule has 0 radical (unpaired) electrons. The molecule has 2 aliphatic rings. The summed E-state index contributed by atoms with van der Waals surface area (Å²) in [5.74, 6) is -0.417. The highest BCUT2D eigenvalue weighted by molar-refractivity contribution is 9.10. The second-order valence-electron chi connectivity index (χ2n) is 10.3. The number of anilines is 1. The highest BCUT2D eigenvalue weighted by Gasteiger charge is 2.37. The maximum atomic E-state index is 13.8. The SMILES string of the molecule is CNC(=O)[C@H]1CC[C@H](n2c(NC(C)C)nc3c(c2=O)C[C@@H](C)N(C(=O)c2ccc(Br)c(C(F)(F)F)c2)C3)C1. The van der Waals surface area contributed by atoms with E-state index < -0.39 is 23.7 Å². The first-order valence-corrected chi connectivity index (χ1v) is 13.4. The molecule has 2 N–H and O–H groups in total. The average molecular weight is 598 g/mol. The first-order chi connectivity index (χ1) is 17.8. The van der Waals surface area contributed by atoms with Crippen LogP contribution in [0, 0.1) is 5.92 Å². The van der Waals surface area contributed by atoms with E-state index in [1.54, 1.807) is 18.5 Å². The zero-order valence-electron chi connectivity index (χ0n) is 21.7. The number of carbonyl (C=O) groups is 2. The number of nitrogens with zero attached hydrogens (tertiary/aromatic N) is 3. The van der Waals surface area contributed by atoms with Crippen molar-refractivity contribution in [2.45, 2.75) is 77.3 Å². The average Bonchev–Trinajstić information content (AvgIpc) is 3.32. The van der Waals surface area contributed by atoms with Crippen molar-refractivity contribution in [1.82, 2.24) is 19.8 Å². The molecule has 1 aromatic carbocycles. The van der Waals surface area contributed by atoms with Crippen LogP contribution in [0.3, 0.4) is 0 Å². The lowest BCUT2D eigenvalue weighted by molar-refractivity contribution is -0.138. The Bertz CT molecular complexity index is 1310. The highest BCUT2D eigenvalue weighted by atomic mass is 79.9. The molecule has 12 heteroatoms. The molecule has 1 fully saturated rings. The van der Waals surface area contributed by atoms with E-state index >= 15 is 0 Å². The summed E-state index contributed by atoms with van der Waals surface area (Å²) in [7, 11) is 1.60. The molecular weight excluding hydrogens is 567 g/mol. The Hall–Kier alpha value is -2.89. The van der Waals surface area contributed by atoms with Crippen LogP contribution < -0.4 is 16.2 Å². The van der Waals surface area contributed by atoms with E-state index in [0.717, 1.165) is 6.07 Å². The Morgan fingerprint density at radius 1 is 1.21 bits per heavy atom. The van der Waals surface area contributed by atoms with Gasteiger partial charge in [0.15, 0.2) is 0 Å². The smallest absolute Gasteiger partial charge is 0.359 e. The van der Waals surface area contributed by atoms with Crippen LogP contribution in [0.4, 0.5) is 19.1 Å². The monoisotopic (exact) mass is 597 g/mol. The fourth-order valence-corrected chi connectivity index (χ4v) is 5.79. The van der Waals surface area contributed by atoms with Crippen LogP contribution in [-0.2, 0) is 23.9 Å². The lowest BCUT2D eigenvalue weighted by atomic mass is 9.98. The van der Waals surface area contributed by atoms with Gasteiger partial charge in [-0.3, -0.25) is 19.0 Å². The zero-order valence-corrected chi connectivity index (χ0v) is 23.2. The predicted molar refractivity (Wildman–Crippen MR) is 140 cm³/mol. The Morgan fingerprint density at radius 3 is 2.55 bits per heavy atom. The van der Waals surface area contributed by atoms with Gasteiger partial charge in [-0.05, 0) is 64.7 Å². The molecule has 1 aliphatic heterocycles. The number of rotatable bonds is 5. The van der Waals surface area contributed by atoms with Crippen molar-refractivity contribution < 1.29 is 22.8 Å². The summed E-state index contributed by atoms with van der Waals surface area (Å²) in [6, 6.07) is 2.75. The van der Waals surface area contributed by atoms with E-state index in [0.29, 0.717) is 36.5 Å². The summed E-state index contributed by atoms with van der Waals surface area (Å²) < 4.78 is 41.8. The van der Waals surface area contributed by atoms with Crippen LogP contribution in [0.15, 0.2) is 27.5 Å². The summed E-state index contributed by atoms with van der Waals surface area (Å²) in [5, 5.41) is 5.91. The first kappa shape index (κ1) is 28.1. The molecule has 2 heterocycles. The van der Waals surface area contributed by atoms with Crippen molar-refractivity contribution >= 4 is 33.7 Å². The van der Waals surface area contributed by atoms with Crippen molar-refractivity contribution in [2.24, 2.45) is 5.92 Å². The topological polar surface area (TPSA) is 96.3 Å². The van der Waals surface area contributed by atoms with Crippen LogP contribution in [-0.4, -0.2) is 45.4 Å². The maximum Gasteiger partial charge on any atom is 0.417 e. The molecule has 1 saturated carbocycles. The van der Waals surface area contributed by atoms with Gasteiger partial charge in [0, 0.05) is 46.7 Å². The van der Waals surface area contributed by atoms with Gasteiger partial charge < -0.3 is 15.5 Å². The minimum atomic E-state index is -4.61. The molecule has 3 atom stereocenters. The molecule has 2 aromatic rings. The van der Waals surface area contributed by atoms with Crippen molar-refractivity contribution in [3.8, 4) is 0 Å². The molecule has 8 nitrogen and oxygen atoms in total. The Labute approximate surface area is 227 Å². The Kier molecular flexibility index (Phi) is 7.92. The molecule has 2 amide bonds. The van der Waals surface area contributed by atoms with E-state index in [4.69, 9.17) is 4.98 Å². The van der Waals surface area contributed by atoms with Crippen molar-refractivity contribution in [1.29, 1.82) is 0 Å². The van der Waals surface area contributed by atoms with Gasteiger partial charge in [-0.1, -0.05) is 15.9 Å². The zero-order chi connectivity index (χ0) is 27.9. The number of carbonyl (C=O) groups excluding carboxylic acids is 2. The number of nitrogens with one attached hydrogen (secondary N) is 2. The normalized spacial score (nSPS) is 21.4. The van der Waals surface area contributed by atoms with Gasteiger partial charge in [-0.25, -0.2) is 4.98 Å². The van der Waals surface area contributed by atoms with Crippen molar-refractivity contribution in [3.63, 3.8) is 0 Å². The van der Waals surface area contributed by atoms with E-state index in [-0.39, 0.29) is 52.5 Å². The number of benzene rings is 1. The number of fused-ring (bicyclic) bond motifs is 1. The lowest BCUT2D eigenvalue weighted by Gasteiger charge is -2.35. The van der Waals surface area contributed by atoms with E-state index in [2.05, 4.69) is 26.6 Å². The van der Waals surface area contributed by atoms with Gasteiger partial charge in [0.1, 0.15) is 0 Å². The number of amides is 2. The maximum absolute atomic E-state index is 13.8. The molecular formula is C26H31BrF3N5O3. The van der Waals surface area contributed by atoms with Crippen LogP contribution in [0.25, 0.3) is 0 Å². The Morgan fingerprint density at radius 2 is 1.92 bits per heavy atom. The van der Waals surface area contributed by atoms with Crippen LogP contribution >= 0.6 is 15.9 Å². The van der Waals surface area contributed by atoms with E-state index in [9.17, 15) is 27.6 Å². The molecule has 4 rings (SSSR count). The Balaban J connectivity index is 1.69. The minimum Gasteiger partial charge on any atom is -0.359 e. The molecule has 0 unspecified atom stereocenters. The first-order valence-electron chi connectivity index (χ1n) is 12.6. The molecule has 0 bridgehead atoms. The highest BCUT2D eigenvalue weighted by Crippen LogP contribution is 2.37. The van der Waals surface area contributed by atoms with Crippen molar-refractivity contribution in [3.05, 3.63) is 55.4 Å². The molecule has 0 saturated heterocycles. The molecule has 1 aromatic heterocycles. The van der Waals surface area contributed by atoms with Gasteiger partial charge in [-0.2, -0.15) is 13.2 Å². The van der Waals surface area contributed by atoms with Gasteiger partial charge in [-0.15, -0.1) is 0 Å². The fourth-order valence-electron chi connectivity index (χ4n) is 5.32. The largest absolute Gasteiger partial charge is 0.417 e. The summed E-state index contributed by atoms with van der Waals surface area (Å²) in [4.78, 5) is 45.5. The van der Waals surface area contributed by atoms with Gasteiger partial charge >= 0.3 is 6.18 Å². The lowest BCUT2D eigenvalue weighted by Crippen LogP contribution is -2.46. The number of aromatic nitrogens is 2. The molecule has 38 heavy (non-hydrogen) atoms. The van der Waals surface area contributed by atoms with E-state index in [1.807, 2.05) is 13.8 Å². The molecule has 0 spiro atoms. The minimum absolute atomic E-state index is 0.00113. The summed E-state index contributed by atoms with van der Waals surface area (Å²) in [6.07, 6.45) is -2.53. The number of alkyl halides is 3. The van der Waals surface area contributed by atoms with Gasteiger partial charge in [0.05, 0.1) is 17.8 Å². The third kappa shape index (κ3) is 5.45. The summed E-state index contributed by atoms with van der Waals surface area (Å²) in [5.41, 5.74) is -0.302. The van der Waals surface area contributed by atoms with E-state index in [1.165, 1.54) is 17.0 Å². The van der Waals surface area contributed by atoms with Crippen molar-refractivity contribution in [2.75, 3.05) is 12.4 Å². The predicted octanol–water partition coefficient (Wildman–Crippen LogP) is 4.52. The summed E-state index contributed by atoms with van der Waals surface area (Å²) >= 11 is 2.91. The van der Waals surface area contributed by atoms with Gasteiger partial charge in [0.2, 0.25) is 11.9 Å².